The van der Waals surface area contributed by atoms with Crippen molar-refractivity contribution in [3.63, 3.8) is 0 Å². The summed E-state index contributed by atoms with van der Waals surface area (Å²) in [6, 6.07) is 13.7. The van der Waals surface area contributed by atoms with Crippen molar-refractivity contribution in [2.24, 2.45) is 0 Å². The number of aryl methyl sites for hydroxylation is 3. The molecule has 0 aliphatic rings. The number of pyridine rings is 1. The average molecular weight is 320 g/mol. The molecule has 4 nitrogen and oxygen atoms in total. The molecule has 1 N–H and O–H groups in total. The van der Waals surface area contributed by atoms with E-state index >= 15 is 0 Å². The summed E-state index contributed by atoms with van der Waals surface area (Å²) in [5, 5.41) is 3.84. The lowest BCUT2D eigenvalue weighted by Gasteiger charge is -2.11. The lowest BCUT2D eigenvalue weighted by atomic mass is 10.1. The Balaban J connectivity index is 1.73. The van der Waals surface area contributed by atoms with E-state index in [1.807, 2.05) is 57.2 Å². The minimum atomic E-state index is -0.190. The third kappa shape index (κ3) is 3.54. The van der Waals surface area contributed by atoms with Crippen molar-refractivity contribution in [3.05, 3.63) is 65.4 Å². The number of rotatable bonds is 4. The van der Waals surface area contributed by atoms with Crippen LogP contribution in [0.25, 0.3) is 10.9 Å². The first-order valence-corrected chi connectivity index (χ1v) is 7.88. The van der Waals surface area contributed by atoms with Gasteiger partial charge < -0.3 is 10.1 Å². The van der Waals surface area contributed by atoms with Gasteiger partial charge in [-0.05, 0) is 56.2 Å². The number of nitrogens with zero attached hydrogens (tertiary/aromatic N) is 1. The molecule has 0 saturated heterocycles. The number of fused-ring (bicyclic) bond motifs is 1. The Morgan fingerprint density at radius 3 is 2.62 bits per heavy atom. The monoisotopic (exact) mass is 320 g/mol. The number of carbonyl (C=O) groups is 1. The van der Waals surface area contributed by atoms with Gasteiger partial charge in [-0.15, -0.1) is 0 Å². The van der Waals surface area contributed by atoms with Gasteiger partial charge in [-0.1, -0.05) is 23.8 Å². The van der Waals surface area contributed by atoms with Crippen LogP contribution in [0.5, 0.6) is 5.75 Å². The number of ether oxygens (including phenoxy) is 1. The molecule has 0 aliphatic carbocycles. The first kappa shape index (κ1) is 16.0. The number of amides is 1. The lowest BCUT2D eigenvalue weighted by Crippen LogP contribution is -2.20. The Bertz CT molecular complexity index is 903. The largest absolute Gasteiger partial charge is 0.483 e. The molecule has 3 rings (SSSR count). The molecule has 122 valence electrons. The van der Waals surface area contributed by atoms with Crippen LogP contribution in [0.2, 0.25) is 0 Å². The van der Waals surface area contributed by atoms with Crippen LogP contribution in [0.1, 0.15) is 16.7 Å². The molecule has 24 heavy (non-hydrogen) atoms. The molecule has 2 aromatic carbocycles. The molecule has 0 unspecified atom stereocenters. The van der Waals surface area contributed by atoms with Gasteiger partial charge in [0, 0.05) is 11.6 Å². The maximum absolute atomic E-state index is 12.3. The van der Waals surface area contributed by atoms with E-state index in [2.05, 4.69) is 10.3 Å². The van der Waals surface area contributed by atoms with Gasteiger partial charge in [0.25, 0.3) is 5.91 Å². The molecule has 0 aliphatic heterocycles. The zero-order valence-corrected chi connectivity index (χ0v) is 14.1. The van der Waals surface area contributed by atoms with Gasteiger partial charge in [0.1, 0.15) is 5.75 Å². The fourth-order valence-electron chi connectivity index (χ4n) is 2.56. The minimum absolute atomic E-state index is 0.0279. The maximum Gasteiger partial charge on any atom is 0.262 e. The molecule has 0 bridgehead atoms. The minimum Gasteiger partial charge on any atom is -0.483 e. The number of carbonyl (C=O) groups excluding carboxylic acids is 1. The van der Waals surface area contributed by atoms with E-state index in [4.69, 9.17) is 4.74 Å². The van der Waals surface area contributed by atoms with Crippen molar-refractivity contribution in [1.82, 2.24) is 4.98 Å². The van der Waals surface area contributed by atoms with Gasteiger partial charge in [-0.25, -0.2) is 0 Å². The zero-order chi connectivity index (χ0) is 17.1. The highest BCUT2D eigenvalue weighted by Crippen LogP contribution is 2.23. The molecule has 0 spiro atoms. The van der Waals surface area contributed by atoms with E-state index in [9.17, 15) is 4.79 Å². The van der Waals surface area contributed by atoms with Gasteiger partial charge in [0.15, 0.2) is 6.61 Å². The van der Waals surface area contributed by atoms with Crippen molar-refractivity contribution in [1.29, 1.82) is 0 Å². The van der Waals surface area contributed by atoms with Crippen molar-refractivity contribution < 1.29 is 9.53 Å². The van der Waals surface area contributed by atoms with E-state index in [1.165, 1.54) is 0 Å². The maximum atomic E-state index is 12.3. The van der Waals surface area contributed by atoms with E-state index in [0.717, 1.165) is 39.0 Å². The van der Waals surface area contributed by atoms with Crippen LogP contribution in [0.15, 0.2) is 48.7 Å². The summed E-state index contributed by atoms with van der Waals surface area (Å²) >= 11 is 0. The van der Waals surface area contributed by atoms with Crippen LogP contribution >= 0.6 is 0 Å². The van der Waals surface area contributed by atoms with Gasteiger partial charge in [0.05, 0.1) is 11.2 Å². The fraction of sp³-hybridized carbons (Fsp3) is 0.200. The van der Waals surface area contributed by atoms with Crippen molar-refractivity contribution in [2.45, 2.75) is 20.8 Å². The Morgan fingerprint density at radius 2 is 1.79 bits per heavy atom. The normalized spacial score (nSPS) is 10.6. The number of benzene rings is 2. The number of nitrogens with one attached hydrogen (secondary N) is 1. The van der Waals surface area contributed by atoms with E-state index < -0.39 is 0 Å². The lowest BCUT2D eigenvalue weighted by molar-refractivity contribution is -0.118. The predicted molar refractivity (Wildman–Crippen MR) is 96.5 cm³/mol. The molecular formula is C20H20N2O2. The standard InChI is InChI=1S/C20H20N2O2/c1-13-5-7-17-16(10-13)18(8-9-21-17)22-20(23)12-24-19-11-14(2)4-6-15(19)3/h4-11H,12H2,1-3H3,(H,21,22,23). The van der Waals surface area contributed by atoms with Crippen LogP contribution in [0.3, 0.4) is 0 Å². The average Bonchev–Trinajstić information content (AvgIpc) is 2.56. The van der Waals surface area contributed by atoms with Crippen LogP contribution in [-0.2, 0) is 4.79 Å². The van der Waals surface area contributed by atoms with Gasteiger partial charge >= 0.3 is 0 Å². The molecule has 1 heterocycles. The van der Waals surface area contributed by atoms with E-state index in [-0.39, 0.29) is 12.5 Å². The molecule has 0 atom stereocenters. The number of hydrogen-bond donors (Lipinski definition) is 1. The predicted octanol–water partition coefficient (Wildman–Crippen LogP) is 4.18. The molecule has 0 fully saturated rings. The summed E-state index contributed by atoms with van der Waals surface area (Å²) in [6.45, 7) is 5.95. The highest BCUT2D eigenvalue weighted by Gasteiger charge is 2.09. The molecule has 1 aromatic heterocycles. The number of hydrogen-bond acceptors (Lipinski definition) is 3. The smallest absolute Gasteiger partial charge is 0.262 e. The summed E-state index contributed by atoms with van der Waals surface area (Å²) < 4.78 is 5.66. The van der Waals surface area contributed by atoms with E-state index in [0.29, 0.717) is 0 Å². The highest BCUT2D eigenvalue weighted by atomic mass is 16.5. The summed E-state index contributed by atoms with van der Waals surface area (Å²) in [4.78, 5) is 16.6. The molecule has 0 radical (unpaired) electrons. The van der Waals surface area contributed by atoms with E-state index in [1.54, 1.807) is 12.3 Å². The third-order valence-corrected chi connectivity index (χ3v) is 3.87. The molecule has 1 amide bonds. The SMILES string of the molecule is Cc1ccc(C)c(OCC(=O)Nc2ccnc3ccc(C)cc23)c1. The second kappa shape index (κ2) is 6.71. The quantitative estimate of drug-likeness (QED) is 0.784. The first-order valence-electron chi connectivity index (χ1n) is 7.88. The third-order valence-electron chi connectivity index (χ3n) is 3.87. The zero-order valence-electron chi connectivity index (χ0n) is 14.1. The Hall–Kier alpha value is -2.88. The Morgan fingerprint density at radius 1 is 1.04 bits per heavy atom. The summed E-state index contributed by atoms with van der Waals surface area (Å²) in [5.41, 5.74) is 4.84. The second-order valence-electron chi connectivity index (χ2n) is 5.98. The van der Waals surface area contributed by atoms with Crippen molar-refractivity contribution >= 4 is 22.5 Å². The number of anilines is 1. The molecule has 3 aromatic rings. The van der Waals surface area contributed by atoms with Crippen LogP contribution in [-0.4, -0.2) is 17.5 Å². The first-order chi connectivity index (χ1) is 11.5. The molecular weight excluding hydrogens is 300 g/mol. The molecule has 0 saturated carbocycles. The van der Waals surface area contributed by atoms with Crippen molar-refractivity contribution in [2.75, 3.05) is 11.9 Å². The van der Waals surface area contributed by atoms with Crippen LogP contribution < -0.4 is 10.1 Å². The van der Waals surface area contributed by atoms with Crippen LogP contribution in [0, 0.1) is 20.8 Å². The Kier molecular flexibility index (Phi) is 4.47. The summed E-state index contributed by atoms with van der Waals surface area (Å²) in [7, 11) is 0. The fourth-order valence-corrected chi connectivity index (χ4v) is 2.56. The van der Waals surface area contributed by atoms with Gasteiger partial charge in [-0.2, -0.15) is 0 Å². The molecule has 4 heteroatoms. The van der Waals surface area contributed by atoms with Crippen molar-refractivity contribution in [3.8, 4) is 5.75 Å². The van der Waals surface area contributed by atoms with Gasteiger partial charge in [-0.3, -0.25) is 9.78 Å². The highest BCUT2D eigenvalue weighted by molar-refractivity contribution is 6.01. The topological polar surface area (TPSA) is 51.2 Å². The second-order valence-corrected chi connectivity index (χ2v) is 5.98. The van der Waals surface area contributed by atoms with Crippen LogP contribution in [0.4, 0.5) is 5.69 Å². The summed E-state index contributed by atoms with van der Waals surface area (Å²) in [6.07, 6.45) is 1.69. The number of aromatic nitrogens is 1. The summed E-state index contributed by atoms with van der Waals surface area (Å²) in [5.74, 6) is 0.547. The Labute approximate surface area is 141 Å². The van der Waals surface area contributed by atoms with Gasteiger partial charge in [0.2, 0.25) is 0 Å².